The van der Waals surface area contributed by atoms with Crippen molar-refractivity contribution in [3.05, 3.63) is 41.6 Å². The number of aryl methyl sites for hydroxylation is 1. The Kier molecular flexibility index (Phi) is 4.24. The van der Waals surface area contributed by atoms with E-state index >= 15 is 0 Å². The maximum Gasteiger partial charge on any atom is 0.338 e. The molecule has 6 heteroatoms. The van der Waals surface area contributed by atoms with E-state index < -0.39 is 0 Å². The van der Waals surface area contributed by atoms with Gasteiger partial charge in [0.2, 0.25) is 5.89 Å². The Bertz CT molecular complexity index is 607. The average Bonchev–Trinajstić information content (AvgIpc) is 2.83. The molecule has 0 radical (unpaired) electrons. The first-order valence-corrected chi connectivity index (χ1v) is 6.32. The Morgan fingerprint density at radius 2 is 2.30 bits per heavy atom. The molecule has 6 nitrogen and oxygen atoms in total. The third kappa shape index (κ3) is 3.28. The Morgan fingerprint density at radius 1 is 1.50 bits per heavy atom. The lowest BCUT2D eigenvalue weighted by Gasteiger charge is -2.09. The van der Waals surface area contributed by atoms with Crippen LogP contribution in [0.4, 0.5) is 11.4 Å². The fourth-order valence-electron chi connectivity index (χ4n) is 1.72. The molecule has 1 aromatic heterocycles. The van der Waals surface area contributed by atoms with Crippen LogP contribution in [0.15, 0.2) is 28.8 Å². The fourth-order valence-corrected chi connectivity index (χ4v) is 1.72. The number of nitrogens with zero attached hydrogens (tertiary/aromatic N) is 1. The van der Waals surface area contributed by atoms with Crippen molar-refractivity contribution in [2.45, 2.75) is 20.4 Å². The summed E-state index contributed by atoms with van der Waals surface area (Å²) in [6, 6.07) is 4.98. The highest BCUT2D eigenvalue weighted by Crippen LogP contribution is 2.21. The largest absolute Gasteiger partial charge is 0.462 e. The number of esters is 1. The van der Waals surface area contributed by atoms with Gasteiger partial charge in [-0.25, -0.2) is 9.78 Å². The summed E-state index contributed by atoms with van der Waals surface area (Å²) in [5.41, 5.74) is 7.52. The highest BCUT2D eigenvalue weighted by atomic mass is 16.5. The van der Waals surface area contributed by atoms with Crippen molar-refractivity contribution in [2.24, 2.45) is 0 Å². The van der Waals surface area contributed by atoms with Gasteiger partial charge < -0.3 is 20.2 Å². The predicted octanol–water partition coefficient (Wildman–Crippen LogP) is 2.35. The van der Waals surface area contributed by atoms with Gasteiger partial charge >= 0.3 is 5.97 Å². The van der Waals surface area contributed by atoms with Crippen LogP contribution in [-0.2, 0) is 11.3 Å². The summed E-state index contributed by atoms with van der Waals surface area (Å²) >= 11 is 0. The summed E-state index contributed by atoms with van der Waals surface area (Å²) < 4.78 is 10.3. The number of rotatable bonds is 5. The van der Waals surface area contributed by atoms with Crippen LogP contribution in [0.3, 0.4) is 0 Å². The number of nitrogens with one attached hydrogen (secondary N) is 1. The molecule has 1 heterocycles. The normalized spacial score (nSPS) is 10.3. The van der Waals surface area contributed by atoms with Gasteiger partial charge in [0, 0.05) is 0 Å². The number of carbonyl (C=O) groups excluding carboxylic acids is 1. The van der Waals surface area contributed by atoms with Gasteiger partial charge in [-0.3, -0.25) is 0 Å². The van der Waals surface area contributed by atoms with Crippen LogP contribution in [0.25, 0.3) is 0 Å². The molecule has 0 amide bonds. The first-order valence-electron chi connectivity index (χ1n) is 6.32. The summed E-state index contributed by atoms with van der Waals surface area (Å²) in [4.78, 5) is 15.7. The second-order valence-electron chi connectivity index (χ2n) is 4.24. The highest BCUT2D eigenvalue weighted by Gasteiger charge is 2.09. The lowest BCUT2D eigenvalue weighted by atomic mass is 10.1. The maximum absolute atomic E-state index is 11.6. The molecule has 0 saturated carbocycles. The number of hydrogen-bond donors (Lipinski definition) is 2. The van der Waals surface area contributed by atoms with Crippen LogP contribution < -0.4 is 11.1 Å². The SMILES string of the molecule is CCOC(=O)c1ccc(NCc2ncc(C)o2)c(N)c1. The van der Waals surface area contributed by atoms with Crippen LogP contribution in [0, 0.1) is 6.92 Å². The number of hydrogen-bond acceptors (Lipinski definition) is 6. The first-order chi connectivity index (χ1) is 9.60. The summed E-state index contributed by atoms with van der Waals surface area (Å²) in [6.45, 7) is 4.35. The zero-order valence-corrected chi connectivity index (χ0v) is 11.5. The van der Waals surface area contributed by atoms with Crippen LogP contribution >= 0.6 is 0 Å². The number of nitrogen functional groups attached to an aromatic ring is 1. The van der Waals surface area contributed by atoms with Gasteiger partial charge in [-0.2, -0.15) is 0 Å². The van der Waals surface area contributed by atoms with Crippen molar-refractivity contribution in [3.8, 4) is 0 Å². The first kappa shape index (κ1) is 13.9. The monoisotopic (exact) mass is 275 g/mol. The molecule has 0 unspecified atom stereocenters. The highest BCUT2D eigenvalue weighted by molar-refractivity contribution is 5.91. The molecule has 0 fully saturated rings. The second kappa shape index (κ2) is 6.10. The standard InChI is InChI=1S/C14H17N3O3/c1-3-19-14(18)10-4-5-12(11(15)6-10)16-8-13-17-7-9(2)20-13/h4-7,16H,3,8,15H2,1-2H3. The molecule has 0 aliphatic carbocycles. The number of benzene rings is 1. The molecule has 0 spiro atoms. The smallest absolute Gasteiger partial charge is 0.338 e. The Balaban J connectivity index is 2.04. The van der Waals surface area contributed by atoms with Gasteiger partial charge in [-0.15, -0.1) is 0 Å². The van der Waals surface area contributed by atoms with E-state index in [1.54, 1.807) is 31.3 Å². The van der Waals surface area contributed by atoms with Crippen molar-refractivity contribution < 1.29 is 13.9 Å². The fraction of sp³-hybridized carbons (Fsp3) is 0.286. The average molecular weight is 275 g/mol. The number of aromatic nitrogens is 1. The number of anilines is 2. The van der Waals surface area contributed by atoms with E-state index in [1.165, 1.54) is 0 Å². The van der Waals surface area contributed by atoms with E-state index in [0.29, 0.717) is 36.0 Å². The molecule has 106 valence electrons. The molecule has 2 aromatic rings. The van der Waals surface area contributed by atoms with Crippen LogP contribution in [0.1, 0.15) is 28.9 Å². The van der Waals surface area contributed by atoms with Gasteiger partial charge in [0.1, 0.15) is 5.76 Å². The molecule has 1 aromatic carbocycles. The van der Waals surface area contributed by atoms with E-state index in [1.807, 2.05) is 6.92 Å². The van der Waals surface area contributed by atoms with E-state index in [-0.39, 0.29) is 5.97 Å². The minimum Gasteiger partial charge on any atom is -0.462 e. The second-order valence-corrected chi connectivity index (χ2v) is 4.24. The van der Waals surface area contributed by atoms with Crippen molar-refractivity contribution in [1.82, 2.24) is 4.98 Å². The summed E-state index contributed by atoms with van der Waals surface area (Å²) in [7, 11) is 0. The van der Waals surface area contributed by atoms with Crippen molar-refractivity contribution in [3.63, 3.8) is 0 Å². The van der Waals surface area contributed by atoms with E-state index in [0.717, 1.165) is 5.76 Å². The van der Waals surface area contributed by atoms with Crippen molar-refractivity contribution in [2.75, 3.05) is 17.7 Å². The predicted molar refractivity (Wildman–Crippen MR) is 75.4 cm³/mol. The zero-order chi connectivity index (χ0) is 14.5. The van der Waals surface area contributed by atoms with Crippen molar-refractivity contribution in [1.29, 1.82) is 0 Å². The van der Waals surface area contributed by atoms with Crippen LogP contribution in [0.2, 0.25) is 0 Å². The molecule has 0 saturated heterocycles. The number of ether oxygens (including phenoxy) is 1. The third-order valence-corrected chi connectivity index (χ3v) is 2.66. The number of carbonyl (C=O) groups is 1. The third-order valence-electron chi connectivity index (χ3n) is 2.66. The Labute approximate surface area is 116 Å². The number of nitrogens with two attached hydrogens (primary N) is 1. The molecule has 0 aliphatic heterocycles. The van der Waals surface area contributed by atoms with Crippen LogP contribution in [0.5, 0.6) is 0 Å². The van der Waals surface area contributed by atoms with Gasteiger partial charge in [-0.1, -0.05) is 0 Å². The number of oxazole rings is 1. The minimum atomic E-state index is -0.380. The lowest BCUT2D eigenvalue weighted by Crippen LogP contribution is -2.07. The van der Waals surface area contributed by atoms with Gasteiger partial charge in [0.05, 0.1) is 36.3 Å². The summed E-state index contributed by atoms with van der Waals surface area (Å²) in [5.74, 6) is 0.956. The van der Waals surface area contributed by atoms with Crippen LogP contribution in [-0.4, -0.2) is 17.6 Å². The van der Waals surface area contributed by atoms with E-state index in [4.69, 9.17) is 14.9 Å². The minimum absolute atomic E-state index is 0.336. The zero-order valence-electron chi connectivity index (χ0n) is 11.5. The quantitative estimate of drug-likeness (QED) is 0.643. The van der Waals surface area contributed by atoms with Gasteiger partial charge in [0.25, 0.3) is 0 Å². The van der Waals surface area contributed by atoms with E-state index in [2.05, 4.69) is 10.3 Å². The van der Waals surface area contributed by atoms with Gasteiger partial charge in [-0.05, 0) is 32.0 Å². The maximum atomic E-state index is 11.6. The Morgan fingerprint density at radius 3 is 2.90 bits per heavy atom. The molecule has 20 heavy (non-hydrogen) atoms. The van der Waals surface area contributed by atoms with Gasteiger partial charge in [0.15, 0.2) is 0 Å². The molecular weight excluding hydrogens is 258 g/mol. The molecule has 3 N–H and O–H groups in total. The van der Waals surface area contributed by atoms with E-state index in [9.17, 15) is 4.79 Å². The molecule has 2 rings (SSSR count). The molecule has 0 aliphatic rings. The molecular formula is C14H17N3O3. The molecule has 0 atom stereocenters. The Hall–Kier alpha value is -2.50. The molecule has 0 bridgehead atoms. The lowest BCUT2D eigenvalue weighted by molar-refractivity contribution is 0.0526. The summed E-state index contributed by atoms with van der Waals surface area (Å²) in [5, 5.41) is 3.11. The topological polar surface area (TPSA) is 90.4 Å². The summed E-state index contributed by atoms with van der Waals surface area (Å²) in [6.07, 6.45) is 1.66. The van der Waals surface area contributed by atoms with Crippen molar-refractivity contribution >= 4 is 17.3 Å².